The fraction of sp³-hybridized carbons (Fsp3) is 0.750. The normalized spacial score (nSPS) is 29.6. The van der Waals surface area contributed by atoms with E-state index in [0.29, 0.717) is 17.6 Å². The van der Waals surface area contributed by atoms with Crippen LogP contribution in [0.2, 0.25) is 0 Å². The van der Waals surface area contributed by atoms with Gasteiger partial charge in [0.05, 0.1) is 0 Å². The van der Waals surface area contributed by atoms with Crippen molar-refractivity contribution in [2.75, 3.05) is 12.3 Å². The van der Waals surface area contributed by atoms with Crippen molar-refractivity contribution >= 4 is 17.7 Å². The summed E-state index contributed by atoms with van der Waals surface area (Å²) in [7, 11) is 0. The van der Waals surface area contributed by atoms with Crippen molar-refractivity contribution in [3.8, 4) is 0 Å². The molecule has 2 aliphatic rings. The zero-order valence-electron chi connectivity index (χ0n) is 9.08. The molecule has 0 aromatic carbocycles. The third-order valence-corrected chi connectivity index (χ3v) is 4.51. The standard InChI is InChI=1S/C12H19NOS/c14-12(8-10-4-1-2-5-10)13-9-11-6-3-7-15-11/h1,4,10-11H,2-3,5-9H2,(H,13,14)/t10-,11-/m0/s1. The van der Waals surface area contributed by atoms with Gasteiger partial charge in [-0.15, -0.1) is 0 Å². The molecule has 1 amide bonds. The summed E-state index contributed by atoms with van der Waals surface area (Å²) in [5.74, 6) is 2.01. The molecule has 0 aromatic rings. The van der Waals surface area contributed by atoms with Gasteiger partial charge in [-0.2, -0.15) is 11.8 Å². The molecule has 84 valence electrons. The number of hydrogen-bond acceptors (Lipinski definition) is 2. The largest absolute Gasteiger partial charge is 0.355 e. The van der Waals surface area contributed by atoms with Crippen LogP contribution in [-0.4, -0.2) is 23.5 Å². The highest BCUT2D eigenvalue weighted by atomic mass is 32.2. The molecule has 0 bridgehead atoms. The van der Waals surface area contributed by atoms with Gasteiger partial charge in [-0.05, 0) is 37.4 Å². The smallest absolute Gasteiger partial charge is 0.220 e. The number of allylic oxidation sites excluding steroid dienone is 2. The number of carbonyl (C=O) groups is 1. The molecule has 2 rings (SSSR count). The molecule has 0 aromatic heterocycles. The predicted molar refractivity (Wildman–Crippen MR) is 65.0 cm³/mol. The zero-order valence-corrected chi connectivity index (χ0v) is 9.89. The summed E-state index contributed by atoms with van der Waals surface area (Å²) < 4.78 is 0. The minimum Gasteiger partial charge on any atom is -0.355 e. The molecule has 15 heavy (non-hydrogen) atoms. The number of hydrogen-bond donors (Lipinski definition) is 1. The van der Waals surface area contributed by atoms with Gasteiger partial charge in [0.25, 0.3) is 0 Å². The molecule has 1 heterocycles. The summed E-state index contributed by atoms with van der Waals surface area (Å²) in [6.07, 6.45) is 9.95. The van der Waals surface area contributed by atoms with Gasteiger partial charge < -0.3 is 5.32 Å². The van der Waals surface area contributed by atoms with E-state index in [1.54, 1.807) is 0 Å². The van der Waals surface area contributed by atoms with Gasteiger partial charge in [-0.3, -0.25) is 4.79 Å². The second-order valence-electron chi connectivity index (χ2n) is 4.41. The fourth-order valence-corrected chi connectivity index (χ4v) is 3.41. The van der Waals surface area contributed by atoms with Crippen LogP contribution < -0.4 is 5.32 Å². The van der Waals surface area contributed by atoms with Crippen molar-refractivity contribution in [2.24, 2.45) is 5.92 Å². The van der Waals surface area contributed by atoms with Gasteiger partial charge in [-0.1, -0.05) is 12.2 Å². The Morgan fingerprint density at radius 2 is 2.40 bits per heavy atom. The number of rotatable bonds is 4. The second-order valence-corrected chi connectivity index (χ2v) is 5.82. The summed E-state index contributed by atoms with van der Waals surface area (Å²) in [6.45, 7) is 0.875. The summed E-state index contributed by atoms with van der Waals surface area (Å²) >= 11 is 2.00. The second kappa shape index (κ2) is 5.59. The van der Waals surface area contributed by atoms with Crippen molar-refractivity contribution in [1.82, 2.24) is 5.32 Å². The van der Waals surface area contributed by atoms with Gasteiger partial charge in [0.1, 0.15) is 0 Å². The molecule has 0 spiro atoms. The summed E-state index contributed by atoms with van der Waals surface area (Å²) in [5.41, 5.74) is 0. The quantitative estimate of drug-likeness (QED) is 0.744. The van der Waals surface area contributed by atoms with E-state index < -0.39 is 0 Å². The van der Waals surface area contributed by atoms with E-state index >= 15 is 0 Å². The fourth-order valence-electron chi connectivity index (χ4n) is 2.21. The van der Waals surface area contributed by atoms with Crippen LogP contribution in [0.3, 0.4) is 0 Å². The SMILES string of the molecule is O=C(C[C@H]1C=CCC1)NC[C@@H]1CCCS1. The molecule has 1 N–H and O–H groups in total. The van der Waals surface area contributed by atoms with E-state index in [-0.39, 0.29) is 5.91 Å². The van der Waals surface area contributed by atoms with Gasteiger partial charge in [0.2, 0.25) is 5.91 Å². The van der Waals surface area contributed by atoms with Crippen LogP contribution in [-0.2, 0) is 4.79 Å². The van der Waals surface area contributed by atoms with Crippen molar-refractivity contribution in [1.29, 1.82) is 0 Å². The zero-order chi connectivity index (χ0) is 10.5. The maximum Gasteiger partial charge on any atom is 0.220 e. The van der Waals surface area contributed by atoms with E-state index in [9.17, 15) is 4.79 Å². The minimum atomic E-state index is 0.235. The number of nitrogens with one attached hydrogen (secondary N) is 1. The average Bonchev–Trinajstić information content (AvgIpc) is 2.86. The van der Waals surface area contributed by atoms with E-state index in [4.69, 9.17) is 0 Å². The summed E-state index contributed by atoms with van der Waals surface area (Å²) in [5, 5.41) is 3.73. The van der Waals surface area contributed by atoms with E-state index in [2.05, 4.69) is 17.5 Å². The van der Waals surface area contributed by atoms with Crippen molar-refractivity contribution in [2.45, 2.75) is 37.4 Å². The molecule has 1 fully saturated rings. The topological polar surface area (TPSA) is 29.1 Å². The highest BCUT2D eigenvalue weighted by Gasteiger charge is 2.18. The molecule has 2 atom stereocenters. The summed E-state index contributed by atoms with van der Waals surface area (Å²) in [4.78, 5) is 11.6. The Kier molecular flexibility index (Phi) is 4.12. The van der Waals surface area contributed by atoms with Gasteiger partial charge >= 0.3 is 0 Å². The first-order valence-electron chi connectivity index (χ1n) is 5.89. The highest BCUT2D eigenvalue weighted by Crippen LogP contribution is 2.25. The number of thioether (sulfide) groups is 1. The molecule has 0 saturated carbocycles. The molecule has 1 aliphatic carbocycles. The Bertz CT molecular complexity index is 246. The van der Waals surface area contributed by atoms with Crippen LogP contribution in [0.25, 0.3) is 0 Å². The molecule has 2 nitrogen and oxygen atoms in total. The van der Waals surface area contributed by atoms with Crippen LogP contribution in [0, 0.1) is 5.92 Å². The van der Waals surface area contributed by atoms with Crippen LogP contribution in [0.15, 0.2) is 12.2 Å². The lowest BCUT2D eigenvalue weighted by molar-refractivity contribution is -0.121. The first kappa shape index (κ1) is 11.1. The lowest BCUT2D eigenvalue weighted by Gasteiger charge is -2.11. The summed E-state index contributed by atoms with van der Waals surface area (Å²) in [6, 6.07) is 0. The van der Waals surface area contributed by atoms with Crippen LogP contribution in [0.5, 0.6) is 0 Å². The highest BCUT2D eigenvalue weighted by molar-refractivity contribution is 8.00. The Morgan fingerprint density at radius 3 is 3.07 bits per heavy atom. The van der Waals surface area contributed by atoms with E-state index in [0.717, 1.165) is 19.4 Å². The monoisotopic (exact) mass is 225 g/mol. The van der Waals surface area contributed by atoms with Crippen LogP contribution >= 0.6 is 11.8 Å². The van der Waals surface area contributed by atoms with Crippen LogP contribution in [0.1, 0.15) is 32.1 Å². The Balaban J connectivity index is 1.61. The van der Waals surface area contributed by atoms with Crippen LogP contribution in [0.4, 0.5) is 0 Å². The third kappa shape index (κ3) is 3.56. The van der Waals surface area contributed by atoms with E-state index in [1.165, 1.54) is 18.6 Å². The predicted octanol–water partition coefficient (Wildman–Crippen LogP) is 2.35. The van der Waals surface area contributed by atoms with E-state index in [1.807, 2.05) is 11.8 Å². The lowest BCUT2D eigenvalue weighted by atomic mass is 10.1. The molecular formula is C12H19NOS. The molecular weight excluding hydrogens is 206 g/mol. The number of carbonyl (C=O) groups excluding carboxylic acids is 1. The lowest BCUT2D eigenvalue weighted by Crippen LogP contribution is -2.30. The molecule has 0 radical (unpaired) electrons. The van der Waals surface area contributed by atoms with Crippen molar-refractivity contribution < 1.29 is 4.79 Å². The van der Waals surface area contributed by atoms with Crippen molar-refractivity contribution in [3.05, 3.63) is 12.2 Å². The maximum atomic E-state index is 11.6. The first-order chi connectivity index (χ1) is 7.34. The van der Waals surface area contributed by atoms with Gasteiger partial charge in [-0.25, -0.2) is 0 Å². The number of amides is 1. The Labute approximate surface area is 95.9 Å². The maximum absolute atomic E-state index is 11.6. The molecule has 1 saturated heterocycles. The average molecular weight is 225 g/mol. The molecule has 3 heteroatoms. The van der Waals surface area contributed by atoms with Gasteiger partial charge in [0.15, 0.2) is 0 Å². The Hall–Kier alpha value is -0.440. The van der Waals surface area contributed by atoms with Crippen molar-refractivity contribution in [3.63, 3.8) is 0 Å². The molecule has 1 aliphatic heterocycles. The third-order valence-electron chi connectivity index (χ3n) is 3.11. The first-order valence-corrected chi connectivity index (χ1v) is 6.94. The Morgan fingerprint density at radius 1 is 1.47 bits per heavy atom. The van der Waals surface area contributed by atoms with Gasteiger partial charge in [0, 0.05) is 18.2 Å². The minimum absolute atomic E-state index is 0.235. The molecule has 0 unspecified atom stereocenters.